The lowest BCUT2D eigenvalue weighted by Gasteiger charge is -2.08. The van der Waals surface area contributed by atoms with E-state index in [0.29, 0.717) is 0 Å². The Kier molecular flexibility index (Phi) is 5.06. The molecule has 0 N–H and O–H groups in total. The SMILES string of the molecule is COC(=O)c1ccc(-c2ccc(C(=O)OC)c(Cl)c2)cc1Cl. The largest absolute Gasteiger partial charge is 0.465 e. The zero-order valence-electron chi connectivity index (χ0n) is 11.9. The van der Waals surface area contributed by atoms with Crippen LogP contribution in [0.1, 0.15) is 20.7 Å². The maximum atomic E-state index is 11.5. The van der Waals surface area contributed by atoms with E-state index in [0.717, 1.165) is 11.1 Å². The molecule has 0 unspecified atom stereocenters. The maximum Gasteiger partial charge on any atom is 0.339 e. The number of ether oxygens (including phenoxy) is 2. The summed E-state index contributed by atoms with van der Waals surface area (Å²) in [5.41, 5.74) is 2.09. The van der Waals surface area contributed by atoms with Gasteiger partial charge in [-0.2, -0.15) is 0 Å². The van der Waals surface area contributed by atoms with Crippen LogP contribution in [0.25, 0.3) is 11.1 Å². The number of hydrogen-bond donors (Lipinski definition) is 0. The van der Waals surface area contributed by atoms with Crippen molar-refractivity contribution in [3.63, 3.8) is 0 Å². The summed E-state index contributed by atoms with van der Waals surface area (Å²) in [6, 6.07) is 9.87. The van der Waals surface area contributed by atoms with E-state index in [1.54, 1.807) is 36.4 Å². The van der Waals surface area contributed by atoms with E-state index in [1.165, 1.54) is 14.2 Å². The van der Waals surface area contributed by atoms with E-state index in [2.05, 4.69) is 9.47 Å². The second kappa shape index (κ2) is 6.81. The molecule has 0 aliphatic carbocycles. The third-order valence-corrected chi connectivity index (χ3v) is 3.71. The number of rotatable bonds is 3. The summed E-state index contributed by atoms with van der Waals surface area (Å²) < 4.78 is 9.28. The summed E-state index contributed by atoms with van der Waals surface area (Å²) in [5.74, 6) is -1.01. The quantitative estimate of drug-likeness (QED) is 0.785. The van der Waals surface area contributed by atoms with Crippen LogP contribution in [-0.2, 0) is 9.47 Å². The molecule has 0 aliphatic heterocycles. The van der Waals surface area contributed by atoms with Crippen molar-refractivity contribution < 1.29 is 19.1 Å². The molecule has 2 aromatic carbocycles. The van der Waals surface area contributed by atoms with Crippen molar-refractivity contribution in [1.29, 1.82) is 0 Å². The zero-order chi connectivity index (χ0) is 16.3. The summed E-state index contributed by atoms with van der Waals surface area (Å²) in [7, 11) is 2.58. The van der Waals surface area contributed by atoms with Crippen molar-refractivity contribution in [3.05, 3.63) is 57.6 Å². The van der Waals surface area contributed by atoms with Gasteiger partial charge in [0.2, 0.25) is 0 Å². The van der Waals surface area contributed by atoms with Crippen LogP contribution in [0.3, 0.4) is 0 Å². The zero-order valence-corrected chi connectivity index (χ0v) is 13.4. The molecule has 0 atom stereocenters. The predicted molar refractivity (Wildman–Crippen MR) is 84.6 cm³/mol. The number of carbonyl (C=O) groups is 2. The van der Waals surface area contributed by atoms with E-state index in [-0.39, 0.29) is 21.2 Å². The Morgan fingerprint density at radius 3 is 1.41 bits per heavy atom. The Morgan fingerprint density at radius 2 is 1.14 bits per heavy atom. The van der Waals surface area contributed by atoms with E-state index in [4.69, 9.17) is 23.2 Å². The topological polar surface area (TPSA) is 52.6 Å². The lowest BCUT2D eigenvalue weighted by molar-refractivity contribution is 0.0592. The van der Waals surface area contributed by atoms with Crippen LogP contribution in [0.15, 0.2) is 36.4 Å². The first-order valence-electron chi connectivity index (χ1n) is 6.24. The predicted octanol–water partition coefficient (Wildman–Crippen LogP) is 4.23. The minimum Gasteiger partial charge on any atom is -0.465 e. The molecule has 0 amide bonds. The van der Waals surface area contributed by atoms with E-state index in [9.17, 15) is 9.59 Å². The molecular formula is C16H12Cl2O4. The van der Waals surface area contributed by atoms with Crippen molar-refractivity contribution >= 4 is 35.1 Å². The summed E-state index contributed by atoms with van der Waals surface area (Å²) in [6.45, 7) is 0. The van der Waals surface area contributed by atoms with Gasteiger partial charge in [0.05, 0.1) is 35.4 Å². The highest BCUT2D eigenvalue weighted by atomic mass is 35.5. The highest BCUT2D eigenvalue weighted by molar-refractivity contribution is 6.34. The monoisotopic (exact) mass is 338 g/mol. The molecule has 0 aromatic heterocycles. The third-order valence-electron chi connectivity index (χ3n) is 3.08. The Morgan fingerprint density at radius 1 is 0.773 bits per heavy atom. The number of esters is 2. The second-order valence-corrected chi connectivity index (χ2v) is 5.19. The van der Waals surface area contributed by atoms with Crippen LogP contribution in [-0.4, -0.2) is 26.2 Å². The van der Waals surface area contributed by atoms with Gasteiger partial charge in [-0.05, 0) is 35.4 Å². The van der Waals surface area contributed by atoms with Crippen LogP contribution >= 0.6 is 23.2 Å². The molecule has 22 heavy (non-hydrogen) atoms. The molecule has 2 aromatic rings. The fourth-order valence-electron chi connectivity index (χ4n) is 1.94. The van der Waals surface area contributed by atoms with Crippen LogP contribution in [0.4, 0.5) is 0 Å². The van der Waals surface area contributed by atoms with Gasteiger partial charge < -0.3 is 9.47 Å². The minimum atomic E-state index is -0.504. The fraction of sp³-hybridized carbons (Fsp3) is 0.125. The van der Waals surface area contributed by atoms with Gasteiger partial charge in [-0.25, -0.2) is 9.59 Å². The first-order valence-corrected chi connectivity index (χ1v) is 6.99. The summed E-state index contributed by atoms with van der Waals surface area (Å²) in [4.78, 5) is 23.0. The van der Waals surface area contributed by atoms with Gasteiger partial charge >= 0.3 is 11.9 Å². The number of hydrogen-bond acceptors (Lipinski definition) is 4. The van der Waals surface area contributed by atoms with E-state index >= 15 is 0 Å². The summed E-state index contributed by atoms with van der Waals surface area (Å²) in [5, 5.41) is 0.551. The first kappa shape index (κ1) is 16.3. The van der Waals surface area contributed by atoms with E-state index in [1.807, 2.05) is 0 Å². The van der Waals surface area contributed by atoms with Crippen molar-refractivity contribution in [3.8, 4) is 11.1 Å². The molecule has 0 aliphatic rings. The highest BCUT2D eigenvalue weighted by Gasteiger charge is 2.14. The van der Waals surface area contributed by atoms with Gasteiger partial charge in [0.25, 0.3) is 0 Å². The molecule has 6 heteroatoms. The highest BCUT2D eigenvalue weighted by Crippen LogP contribution is 2.29. The minimum absolute atomic E-state index is 0.275. The molecule has 114 valence electrons. The standard InChI is InChI=1S/C16H12Cl2O4/c1-21-15(19)11-5-3-9(7-13(11)17)10-4-6-12(14(18)8-10)16(20)22-2/h3-8H,1-2H3. The van der Waals surface area contributed by atoms with Crippen molar-refractivity contribution in [2.24, 2.45) is 0 Å². The van der Waals surface area contributed by atoms with Gasteiger partial charge in [-0.3, -0.25) is 0 Å². The van der Waals surface area contributed by atoms with Crippen molar-refractivity contribution in [2.45, 2.75) is 0 Å². The normalized spacial score (nSPS) is 10.2. The molecule has 0 fully saturated rings. The molecule has 0 radical (unpaired) electrons. The lowest BCUT2D eigenvalue weighted by atomic mass is 10.0. The first-order chi connectivity index (χ1) is 10.5. The number of benzene rings is 2. The van der Waals surface area contributed by atoms with Gasteiger partial charge in [-0.15, -0.1) is 0 Å². The summed E-state index contributed by atoms with van der Waals surface area (Å²) >= 11 is 12.2. The summed E-state index contributed by atoms with van der Waals surface area (Å²) in [6.07, 6.45) is 0. The van der Waals surface area contributed by atoms with Gasteiger partial charge in [0, 0.05) is 0 Å². The molecule has 2 rings (SSSR count). The molecule has 0 saturated carbocycles. The van der Waals surface area contributed by atoms with Crippen LogP contribution < -0.4 is 0 Å². The Bertz CT molecular complexity index is 677. The van der Waals surface area contributed by atoms with Gasteiger partial charge in [-0.1, -0.05) is 35.3 Å². The Balaban J connectivity index is 2.41. The fourth-order valence-corrected chi connectivity index (χ4v) is 2.46. The van der Waals surface area contributed by atoms with Crippen LogP contribution in [0.5, 0.6) is 0 Å². The van der Waals surface area contributed by atoms with E-state index < -0.39 is 11.9 Å². The number of halogens is 2. The van der Waals surface area contributed by atoms with Gasteiger partial charge in [0.15, 0.2) is 0 Å². The smallest absolute Gasteiger partial charge is 0.339 e. The molecule has 0 heterocycles. The molecule has 0 spiro atoms. The van der Waals surface area contributed by atoms with Crippen molar-refractivity contribution in [2.75, 3.05) is 14.2 Å². The Hall–Kier alpha value is -2.04. The average molecular weight is 339 g/mol. The molecule has 0 saturated heterocycles. The molecular weight excluding hydrogens is 327 g/mol. The third kappa shape index (κ3) is 3.24. The Labute approximate surface area is 137 Å². The lowest BCUT2D eigenvalue weighted by Crippen LogP contribution is -2.02. The van der Waals surface area contributed by atoms with Gasteiger partial charge in [0.1, 0.15) is 0 Å². The molecule has 0 bridgehead atoms. The van der Waals surface area contributed by atoms with Crippen LogP contribution in [0.2, 0.25) is 10.0 Å². The average Bonchev–Trinajstić information content (AvgIpc) is 2.53. The molecule has 4 nitrogen and oxygen atoms in total. The van der Waals surface area contributed by atoms with Crippen LogP contribution in [0, 0.1) is 0 Å². The van der Waals surface area contributed by atoms with Crippen molar-refractivity contribution in [1.82, 2.24) is 0 Å². The maximum absolute atomic E-state index is 11.5. The number of carbonyl (C=O) groups excluding carboxylic acids is 2. The second-order valence-electron chi connectivity index (χ2n) is 4.37. The number of methoxy groups -OCH3 is 2.